The smallest absolute Gasteiger partial charge is 0.152 e. The van der Waals surface area contributed by atoms with Crippen LogP contribution in [0.25, 0.3) is 10.8 Å². The predicted octanol–water partition coefficient (Wildman–Crippen LogP) is 2.35. The number of hydrogen-bond acceptors (Lipinski definition) is 4. The fourth-order valence-corrected chi connectivity index (χ4v) is 1.59. The third-order valence-electron chi connectivity index (χ3n) is 2.25. The highest BCUT2D eigenvalue weighted by molar-refractivity contribution is 5.93. The molecule has 5 nitrogen and oxygen atoms in total. The lowest BCUT2D eigenvalue weighted by Crippen LogP contribution is -2.13. The summed E-state index contributed by atoms with van der Waals surface area (Å²) in [6.45, 7) is 1.47. The first-order valence-corrected chi connectivity index (χ1v) is 5.22. The highest BCUT2D eigenvalue weighted by atomic mass is 16.6. The van der Waals surface area contributed by atoms with Crippen LogP contribution in [-0.4, -0.2) is 18.3 Å². The van der Waals surface area contributed by atoms with Gasteiger partial charge in [-0.25, -0.2) is 0 Å². The van der Waals surface area contributed by atoms with Crippen molar-refractivity contribution in [3.8, 4) is 0 Å². The van der Waals surface area contributed by atoms with Gasteiger partial charge < -0.3 is 16.3 Å². The zero-order chi connectivity index (χ0) is 12.5. The molecule has 0 atom stereocenters. The van der Waals surface area contributed by atoms with E-state index in [0.717, 1.165) is 12.2 Å². The second kappa shape index (κ2) is 7.19. The Labute approximate surface area is 99.2 Å². The lowest BCUT2D eigenvalue weighted by atomic mass is 10.1. The van der Waals surface area contributed by atoms with E-state index in [9.17, 15) is 0 Å². The van der Waals surface area contributed by atoms with Crippen LogP contribution >= 0.6 is 0 Å². The van der Waals surface area contributed by atoms with Gasteiger partial charge in [-0.05, 0) is 11.5 Å². The molecule has 0 aliphatic rings. The van der Waals surface area contributed by atoms with E-state index in [-0.39, 0.29) is 0 Å². The molecule has 5 heteroatoms. The maximum absolute atomic E-state index is 8.11. The Kier molecular flexibility index (Phi) is 5.46. The van der Waals surface area contributed by atoms with Crippen molar-refractivity contribution in [2.75, 3.05) is 18.4 Å². The molecule has 90 valence electrons. The van der Waals surface area contributed by atoms with Crippen LogP contribution in [0.4, 0.5) is 5.69 Å². The number of rotatable bonds is 3. The molecule has 0 aromatic heterocycles. The maximum Gasteiger partial charge on any atom is 0.152 e. The topological polar surface area (TPSA) is 87.7 Å². The molecule has 0 aliphatic carbocycles. The molecule has 0 fully saturated rings. The van der Waals surface area contributed by atoms with Crippen LogP contribution in [0.3, 0.4) is 0 Å². The first-order chi connectivity index (χ1) is 8.33. The van der Waals surface area contributed by atoms with E-state index < -0.39 is 0 Å². The maximum atomic E-state index is 8.11. The molecule has 0 saturated carbocycles. The van der Waals surface area contributed by atoms with Crippen LogP contribution in [0.2, 0.25) is 0 Å². The van der Waals surface area contributed by atoms with E-state index in [1.165, 1.54) is 16.1 Å². The van der Waals surface area contributed by atoms with Crippen LogP contribution in [0.15, 0.2) is 47.8 Å². The average molecular weight is 233 g/mol. The van der Waals surface area contributed by atoms with Crippen molar-refractivity contribution < 1.29 is 5.21 Å². The van der Waals surface area contributed by atoms with Crippen molar-refractivity contribution in [2.45, 2.75) is 0 Å². The van der Waals surface area contributed by atoms with Gasteiger partial charge in [-0.3, -0.25) is 0 Å². The number of benzene rings is 2. The number of hydrogen-bond donors (Lipinski definition) is 3. The number of nitrogens with two attached hydrogens (primary N) is 1. The van der Waals surface area contributed by atoms with Crippen molar-refractivity contribution in [1.82, 2.24) is 0 Å². The summed E-state index contributed by atoms with van der Waals surface area (Å²) < 4.78 is 0. The highest BCUT2D eigenvalue weighted by Gasteiger charge is 1.97. The summed E-state index contributed by atoms with van der Waals surface area (Å²) >= 11 is 0. The Morgan fingerprint density at radius 1 is 1.18 bits per heavy atom. The number of fused-ring (bicyclic) bond motifs is 1. The molecule has 0 spiro atoms. The summed E-state index contributed by atoms with van der Waals surface area (Å²) in [5, 5.41) is 13.7. The molecule has 0 heterocycles. The number of anilines is 1. The normalized spacial score (nSPS) is 9.24. The molecule has 0 amide bonds. The van der Waals surface area contributed by atoms with Crippen LogP contribution in [-0.2, 0) is 0 Å². The highest BCUT2D eigenvalue weighted by Crippen LogP contribution is 2.22. The second-order valence-electron chi connectivity index (χ2n) is 3.32. The molecule has 0 saturated heterocycles. The standard InChI is InChI=1S/C12H14N2.HNO2/c13-8-9-14-12-7-3-5-10-4-1-2-6-11(10)12;2-1-3/h1-7,14H,8-9,13H2;(H,2,3). The summed E-state index contributed by atoms with van der Waals surface area (Å²) in [5.74, 6) is 0. The molecule has 4 N–H and O–H groups in total. The van der Waals surface area contributed by atoms with Crippen molar-refractivity contribution in [3.63, 3.8) is 0 Å². The zero-order valence-corrected chi connectivity index (χ0v) is 9.34. The van der Waals surface area contributed by atoms with Crippen molar-refractivity contribution in [3.05, 3.63) is 47.4 Å². The van der Waals surface area contributed by atoms with Gasteiger partial charge in [-0.2, -0.15) is 0 Å². The second-order valence-corrected chi connectivity index (χ2v) is 3.32. The monoisotopic (exact) mass is 233 g/mol. The van der Waals surface area contributed by atoms with Gasteiger partial charge in [0.2, 0.25) is 0 Å². The minimum absolute atomic E-state index is 0.656. The molecule has 0 bridgehead atoms. The van der Waals surface area contributed by atoms with Gasteiger partial charge in [-0.1, -0.05) is 36.4 Å². The van der Waals surface area contributed by atoms with Gasteiger partial charge >= 0.3 is 0 Å². The largest absolute Gasteiger partial charge is 0.383 e. The average Bonchev–Trinajstić information content (AvgIpc) is 2.37. The van der Waals surface area contributed by atoms with Gasteiger partial charge in [-0.15, -0.1) is 4.91 Å². The first-order valence-electron chi connectivity index (χ1n) is 5.22. The van der Waals surface area contributed by atoms with Gasteiger partial charge in [0.15, 0.2) is 5.34 Å². The SMILES string of the molecule is NCCNc1cccc2ccccc12.O=NO. The van der Waals surface area contributed by atoms with Crippen molar-refractivity contribution in [2.24, 2.45) is 11.1 Å². The summed E-state index contributed by atoms with van der Waals surface area (Å²) in [6, 6.07) is 14.6. The van der Waals surface area contributed by atoms with Crippen molar-refractivity contribution in [1.29, 1.82) is 0 Å². The molecular weight excluding hydrogens is 218 g/mol. The minimum Gasteiger partial charge on any atom is -0.383 e. The quantitative estimate of drug-likeness (QED) is 0.561. The third kappa shape index (κ3) is 3.73. The molecule has 0 unspecified atom stereocenters. The van der Waals surface area contributed by atoms with Crippen LogP contribution < -0.4 is 11.1 Å². The summed E-state index contributed by atoms with van der Waals surface area (Å²) in [6.07, 6.45) is 0. The van der Waals surface area contributed by atoms with Crippen LogP contribution in [0.5, 0.6) is 0 Å². The minimum atomic E-state index is 0.656. The summed E-state index contributed by atoms with van der Waals surface area (Å²) in [7, 11) is 0. The molecule has 2 aromatic rings. The summed E-state index contributed by atoms with van der Waals surface area (Å²) in [4.78, 5) is 8.11. The van der Waals surface area contributed by atoms with E-state index in [1.54, 1.807) is 0 Å². The predicted molar refractivity (Wildman–Crippen MR) is 69.1 cm³/mol. The fourth-order valence-electron chi connectivity index (χ4n) is 1.59. The fraction of sp³-hybridized carbons (Fsp3) is 0.167. The Morgan fingerprint density at radius 3 is 2.53 bits per heavy atom. The van der Waals surface area contributed by atoms with Gasteiger partial charge in [0.25, 0.3) is 0 Å². The lowest BCUT2D eigenvalue weighted by Gasteiger charge is -2.08. The Bertz CT molecular complexity index is 469. The van der Waals surface area contributed by atoms with E-state index >= 15 is 0 Å². The van der Waals surface area contributed by atoms with E-state index in [0.29, 0.717) is 6.54 Å². The Balaban J connectivity index is 0.000000437. The Hall–Kier alpha value is -2.14. The van der Waals surface area contributed by atoms with E-state index in [4.69, 9.17) is 15.8 Å². The van der Waals surface area contributed by atoms with Crippen molar-refractivity contribution >= 4 is 16.5 Å². The molecule has 2 aromatic carbocycles. The zero-order valence-electron chi connectivity index (χ0n) is 9.34. The number of nitrogens with one attached hydrogen (secondary N) is 1. The number of nitrogens with zero attached hydrogens (tertiary/aromatic N) is 1. The van der Waals surface area contributed by atoms with Gasteiger partial charge in [0.1, 0.15) is 0 Å². The lowest BCUT2D eigenvalue weighted by molar-refractivity contribution is 0.312. The molecule has 2 rings (SSSR count). The Morgan fingerprint density at radius 2 is 1.82 bits per heavy atom. The van der Waals surface area contributed by atoms with Crippen LogP contribution in [0, 0.1) is 4.91 Å². The van der Waals surface area contributed by atoms with Gasteiger partial charge in [0.05, 0.1) is 0 Å². The molecule has 0 aliphatic heterocycles. The van der Waals surface area contributed by atoms with Crippen LogP contribution in [0.1, 0.15) is 0 Å². The first kappa shape index (κ1) is 12.9. The van der Waals surface area contributed by atoms with E-state index in [1.807, 2.05) is 0 Å². The van der Waals surface area contributed by atoms with Gasteiger partial charge in [0, 0.05) is 24.2 Å². The third-order valence-corrected chi connectivity index (χ3v) is 2.25. The molecule has 0 radical (unpaired) electrons. The van der Waals surface area contributed by atoms with E-state index in [2.05, 4.69) is 47.8 Å². The molecular formula is C12H15N3O2. The summed E-state index contributed by atoms with van der Waals surface area (Å²) in [5.41, 5.74) is 6.62. The molecule has 17 heavy (non-hydrogen) atoms.